The Labute approximate surface area is 220 Å². The lowest BCUT2D eigenvalue weighted by molar-refractivity contribution is -0.903. The number of hydrogen-bond acceptors (Lipinski definition) is 3. The third kappa shape index (κ3) is 14.3. The van der Waals surface area contributed by atoms with Crippen molar-refractivity contribution in [3.05, 3.63) is 65.7 Å². The number of benzene rings is 2. The molecule has 0 atom stereocenters. The molecule has 0 N–H and O–H groups in total. The number of quaternary nitrogens is 1. The highest BCUT2D eigenvalue weighted by molar-refractivity contribution is 5.69. The van der Waals surface area contributed by atoms with Gasteiger partial charge in [-0.05, 0) is 30.5 Å². The van der Waals surface area contributed by atoms with E-state index in [1.807, 2.05) is 18.2 Å². The lowest BCUT2D eigenvalue weighted by Crippen LogP contribution is -2.39. The summed E-state index contributed by atoms with van der Waals surface area (Å²) in [5.74, 6) is 0.544. The first kappa shape index (κ1) is 29.9. The molecular formula is C32H50NO3+. The molecule has 0 aromatic heterocycles. The molecule has 0 fully saturated rings. The molecule has 0 bridgehead atoms. The Morgan fingerprint density at radius 1 is 0.722 bits per heavy atom. The molecule has 0 amide bonds. The quantitative estimate of drug-likeness (QED) is 0.0804. The number of hydrogen-bond donors (Lipinski definition) is 0. The van der Waals surface area contributed by atoms with Crippen molar-refractivity contribution < 1.29 is 18.8 Å². The van der Waals surface area contributed by atoms with E-state index in [0.29, 0.717) is 6.42 Å². The Morgan fingerprint density at radius 3 is 1.97 bits per heavy atom. The minimum absolute atomic E-state index is 0.0289. The predicted octanol–water partition coefficient (Wildman–Crippen LogP) is 8.09. The lowest BCUT2D eigenvalue weighted by atomic mass is 10.0. The van der Waals surface area contributed by atoms with Gasteiger partial charge in [-0.1, -0.05) is 107 Å². The van der Waals surface area contributed by atoms with E-state index in [1.165, 1.54) is 75.3 Å². The van der Waals surface area contributed by atoms with Gasteiger partial charge in [-0.2, -0.15) is 0 Å². The predicted molar refractivity (Wildman–Crippen MR) is 150 cm³/mol. The van der Waals surface area contributed by atoms with Gasteiger partial charge in [-0.15, -0.1) is 0 Å². The van der Waals surface area contributed by atoms with Crippen LogP contribution in [0.3, 0.4) is 0 Å². The summed E-state index contributed by atoms with van der Waals surface area (Å²) >= 11 is 0. The third-order valence-electron chi connectivity index (χ3n) is 6.79. The van der Waals surface area contributed by atoms with Gasteiger partial charge in [0.05, 0.1) is 27.1 Å². The van der Waals surface area contributed by atoms with Crippen LogP contribution >= 0.6 is 0 Å². The Kier molecular flexibility index (Phi) is 14.9. The second-order valence-corrected chi connectivity index (χ2v) is 10.8. The number of esters is 1. The van der Waals surface area contributed by atoms with Gasteiger partial charge >= 0.3 is 5.97 Å². The highest BCUT2D eigenvalue weighted by Gasteiger charge is 2.16. The Bertz CT molecular complexity index is 817. The molecule has 0 saturated carbocycles. The fourth-order valence-electron chi connectivity index (χ4n) is 4.61. The second-order valence-electron chi connectivity index (χ2n) is 10.8. The van der Waals surface area contributed by atoms with Crippen molar-refractivity contribution in [3.8, 4) is 5.75 Å². The molecule has 4 heteroatoms. The summed E-state index contributed by atoms with van der Waals surface area (Å²) in [6.45, 7) is 4.12. The molecule has 0 spiro atoms. The number of rotatable bonds is 20. The van der Waals surface area contributed by atoms with Crippen LogP contribution in [0.1, 0.15) is 95.1 Å². The van der Waals surface area contributed by atoms with E-state index in [9.17, 15) is 4.79 Å². The van der Waals surface area contributed by atoms with Crippen LogP contribution in [0.2, 0.25) is 0 Å². The summed E-state index contributed by atoms with van der Waals surface area (Å²) in [4.78, 5) is 12.1. The number of unbranched alkanes of at least 4 members (excludes halogenated alkanes) is 9. The molecule has 0 aliphatic rings. The maximum absolute atomic E-state index is 12.1. The maximum atomic E-state index is 12.1. The summed E-state index contributed by atoms with van der Waals surface area (Å²) in [7, 11) is 4.39. The Hall–Kier alpha value is -2.33. The van der Waals surface area contributed by atoms with Crippen molar-refractivity contribution in [1.29, 1.82) is 0 Å². The minimum atomic E-state index is -0.202. The maximum Gasteiger partial charge on any atom is 0.308 e. The number of carbonyl (C=O) groups is 1. The average molecular weight is 497 g/mol. The van der Waals surface area contributed by atoms with Gasteiger partial charge in [0.15, 0.2) is 0 Å². The largest absolute Gasteiger partial charge is 0.457 e. The zero-order chi connectivity index (χ0) is 25.9. The van der Waals surface area contributed by atoms with Gasteiger partial charge in [0.25, 0.3) is 0 Å². The molecule has 0 heterocycles. The SMILES string of the molecule is CCCCCCCCCCCCc1ccc(OCOC(=O)CCC[N+](C)(C)Cc2ccccc2)cc1. The third-order valence-corrected chi connectivity index (χ3v) is 6.79. The van der Waals surface area contributed by atoms with Gasteiger partial charge in [-0.3, -0.25) is 4.79 Å². The van der Waals surface area contributed by atoms with Crippen LogP contribution in [0.25, 0.3) is 0 Å². The van der Waals surface area contributed by atoms with Crippen LogP contribution in [0.4, 0.5) is 0 Å². The van der Waals surface area contributed by atoms with Crippen molar-refractivity contribution >= 4 is 5.97 Å². The van der Waals surface area contributed by atoms with Crippen LogP contribution in [0.5, 0.6) is 5.75 Å². The van der Waals surface area contributed by atoms with Crippen molar-refractivity contribution in [2.45, 2.75) is 96.9 Å². The fraction of sp³-hybridized carbons (Fsp3) is 0.594. The fourth-order valence-corrected chi connectivity index (χ4v) is 4.61. The zero-order valence-electron chi connectivity index (χ0n) is 23.2. The minimum Gasteiger partial charge on any atom is -0.457 e. The van der Waals surface area contributed by atoms with Gasteiger partial charge in [0, 0.05) is 12.0 Å². The van der Waals surface area contributed by atoms with Crippen LogP contribution < -0.4 is 4.74 Å². The van der Waals surface area contributed by atoms with Crippen LogP contribution in [-0.2, 0) is 22.5 Å². The van der Waals surface area contributed by atoms with Crippen molar-refractivity contribution in [1.82, 2.24) is 0 Å². The van der Waals surface area contributed by atoms with E-state index in [2.05, 4.69) is 57.4 Å². The molecule has 0 saturated heterocycles. The molecule has 0 radical (unpaired) electrons. The van der Waals surface area contributed by atoms with E-state index < -0.39 is 0 Å². The highest BCUT2D eigenvalue weighted by Crippen LogP contribution is 2.16. The Morgan fingerprint density at radius 2 is 1.33 bits per heavy atom. The molecule has 36 heavy (non-hydrogen) atoms. The number of aryl methyl sites for hydroxylation is 1. The summed E-state index contributed by atoms with van der Waals surface area (Å²) < 4.78 is 11.7. The van der Waals surface area contributed by atoms with Gasteiger partial charge in [-0.25, -0.2) is 0 Å². The van der Waals surface area contributed by atoms with E-state index >= 15 is 0 Å². The van der Waals surface area contributed by atoms with Crippen LogP contribution in [0.15, 0.2) is 54.6 Å². The molecule has 2 aromatic carbocycles. The van der Waals surface area contributed by atoms with E-state index in [0.717, 1.165) is 36.2 Å². The van der Waals surface area contributed by atoms with E-state index in [1.54, 1.807) is 0 Å². The summed E-state index contributed by atoms with van der Waals surface area (Å²) in [6.07, 6.45) is 16.0. The number of carbonyl (C=O) groups excluding carboxylic acids is 1. The zero-order valence-corrected chi connectivity index (χ0v) is 23.2. The molecule has 4 nitrogen and oxygen atoms in total. The van der Waals surface area contributed by atoms with Gasteiger partial charge in [0.2, 0.25) is 6.79 Å². The van der Waals surface area contributed by atoms with Gasteiger partial charge < -0.3 is 14.0 Å². The lowest BCUT2D eigenvalue weighted by Gasteiger charge is -2.29. The van der Waals surface area contributed by atoms with Crippen LogP contribution in [-0.4, -0.2) is 37.9 Å². The van der Waals surface area contributed by atoms with E-state index in [-0.39, 0.29) is 12.8 Å². The normalized spacial score (nSPS) is 11.4. The van der Waals surface area contributed by atoms with Crippen molar-refractivity contribution in [2.75, 3.05) is 27.4 Å². The topological polar surface area (TPSA) is 35.5 Å². The molecule has 0 aliphatic heterocycles. The summed E-state index contributed by atoms with van der Waals surface area (Å²) in [5, 5.41) is 0. The molecule has 200 valence electrons. The van der Waals surface area contributed by atoms with Gasteiger partial charge in [0.1, 0.15) is 12.3 Å². The monoisotopic (exact) mass is 496 g/mol. The second kappa shape index (κ2) is 18.0. The molecular weight excluding hydrogens is 446 g/mol. The highest BCUT2D eigenvalue weighted by atomic mass is 16.7. The van der Waals surface area contributed by atoms with E-state index in [4.69, 9.17) is 9.47 Å². The molecule has 2 aromatic rings. The summed E-state index contributed by atoms with van der Waals surface area (Å²) in [5.41, 5.74) is 2.66. The summed E-state index contributed by atoms with van der Waals surface area (Å²) in [6, 6.07) is 18.7. The first-order valence-corrected chi connectivity index (χ1v) is 14.2. The first-order chi connectivity index (χ1) is 17.5. The van der Waals surface area contributed by atoms with Crippen LogP contribution in [0, 0.1) is 0 Å². The number of nitrogens with zero attached hydrogens (tertiary/aromatic N) is 1. The standard InChI is InChI=1S/C32H50NO3/c1-4-5-6-7-8-9-10-11-12-14-18-29-22-24-31(25-23-29)35-28-36-32(34)21-17-26-33(2,3)27-30-19-15-13-16-20-30/h13,15-16,19-20,22-25H,4-12,14,17-18,21,26-28H2,1-3H3/q+1. The smallest absolute Gasteiger partial charge is 0.308 e. The average Bonchev–Trinajstić information content (AvgIpc) is 2.86. The molecule has 0 aliphatic carbocycles. The molecule has 2 rings (SSSR count). The first-order valence-electron chi connectivity index (χ1n) is 14.2. The number of ether oxygens (including phenoxy) is 2. The van der Waals surface area contributed by atoms with Crippen molar-refractivity contribution in [2.24, 2.45) is 0 Å². The Balaban J connectivity index is 1.49. The molecule has 0 unspecified atom stereocenters. The van der Waals surface area contributed by atoms with Crippen molar-refractivity contribution in [3.63, 3.8) is 0 Å².